The third-order valence-electron chi connectivity index (χ3n) is 3.60. The monoisotopic (exact) mass is 350 g/mol. The molecule has 1 aromatic heterocycles. The van der Waals surface area contributed by atoms with Gasteiger partial charge in [0.05, 0.1) is 6.61 Å². The summed E-state index contributed by atoms with van der Waals surface area (Å²) in [4.78, 5) is 11.8. The van der Waals surface area contributed by atoms with Gasteiger partial charge in [-0.05, 0) is 36.6 Å². The van der Waals surface area contributed by atoms with Crippen LogP contribution >= 0.6 is 0 Å². The Labute approximate surface area is 142 Å². The van der Waals surface area contributed by atoms with Crippen LogP contribution in [0.3, 0.4) is 0 Å². The van der Waals surface area contributed by atoms with Crippen LogP contribution in [-0.4, -0.2) is 25.6 Å². The van der Waals surface area contributed by atoms with Crippen LogP contribution in [-0.2, 0) is 21.8 Å². The first kappa shape index (κ1) is 18.1. The highest BCUT2D eigenvalue weighted by Gasteiger charge is 2.21. The van der Waals surface area contributed by atoms with Gasteiger partial charge in [0, 0.05) is 18.9 Å². The lowest BCUT2D eigenvalue weighted by molar-refractivity contribution is 0.0515. The van der Waals surface area contributed by atoms with Gasteiger partial charge >= 0.3 is 5.97 Å². The smallest absolute Gasteiger partial charge is 0.354 e. The van der Waals surface area contributed by atoms with Crippen LogP contribution in [0.25, 0.3) is 0 Å². The van der Waals surface area contributed by atoms with Crippen LogP contribution in [0.15, 0.2) is 41.4 Å². The van der Waals surface area contributed by atoms with Crippen LogP contribution in [0.5, 0.6) is 0 Å². The maximum absolute atomic E-state index is 12.5. The van der Waals surface area contributed by atoms with E-state index in [-0.39, 0.29) is 17.2 Å². The molecule has 0 amide bonds. The number of carbonyl (C=O) groups excluding carboxylic acids is 1. The van der Waals surface area contributed by atoms with E-state index in [2.05, 4.69) is 18.6 Å². The minimum absolute atomic E-state index is 0.0148. The number of sulfonamides is 1. The molecule has 1 heterocycles. The van der Waals surface area contributed by atoms with Gasteiger partial charge in [-0.25, -0.2) is 13.2 Å². The molecule has 0 unspecified atom stereocenters. The number of rotatable bonds is 6. The molecule has 6 nitrogen and oxygen atoms in total. The zero-order valence-electron chi connectivity index (χ0n) is 14.2. The average molecular weight is 350 g/mol. The summed E-state index contributed by atoms with van der Waals surface area (Å²) in [5, 5.41) is 0. The van der Waals surface area contributed by atoms with Crippen molar-refractivity contribution < 1.29 is 17.9 Å². The van der Waals surface area contributed by atoms with Crippen molar-refractivity contribution in [1.82, 2.24) is 4.57 Å². The molecule has 2 rings (SSSR count). The van der Waals surface area contributed by atoms with Gasteiger partial charge < -0.3 is 9.30 Å². The summed E-state index contributed by atoms with van der Waals surface area (Å²) in [7, 11) is -2.18. The predicted molar refractivity (Wildman–Crippen MR) is 92.7 cm³/mol. The molecule has 0 bridgehead atoms. The summed E-state index contributed by atoms with van der Waals surface area (Å²) in [5.41, 5.74) is 1.79. The van der Waals surface area contributed by atoms with Crippen molar-refractivity contribution in [3.63, 3.8) is 0 Å². The average Bonchev–Trinajstić information content (AvgIpc) is 2.90. The summed E-state index contributed by atoms with van der Waals surface area (Å²) in [6, 6.07) is 8.53. The maximum Gasteiger partial charge on any atom is 0.354 e. The molecule has 0 aliphatic rings. The Morgan fingerprint density at radius 2 is 1.88 bits per heavy atom. The molecule has 0 atom stereocenters. The van der Waals surface area contributed by atoms with E-state index >= 15 is 0 Å². The molecule has 24 heavy (non-hydrogen) atoms. The number of carbonyl (C=O) groups is 1. The molecule has 0 aliphatic heterocycles. The normalized spacial score (nSPS) is 11.5. The second kappa shape index (κ2) is 7.09. The molecule has 7 heteroatoms. The van der Waals surface area contributed by atoms with Crippen LogP contribution in [0.2, 0.25) is 0 Å². The number of anilines is 1. The molecular weight excluding hydrogens is 328 g/mol. The fourth-order valence-electron chi connectivity index (χ4n) is 2.24. The molecule has 2 aromatic rings. The van der Waals surface area contributed by atoms with Crippen molar-refractivity contribution in [2.75, 3.05) is 11.3 Å². The molecule has 0 spiro atoms. The first-order chi connectivity index (χ1) is 11.2. The van der Waals surface area contributed by atoms with Gasteiger partial charge in [-0.2, -0.15) is 0 Å². The Hall–Kier alpha value is -2.28. The van der Waals surface area contributed by atoms with E-state index in [1.165, 1.54) is 16.8 Å². The summed E-state index contributed by atoms with van der Waals surface area (Å²) in [6.45, 7) is 6.06. The zero-order chi connectivity index (χ0) is 17.9. The summed E-state index contributed by atoms with van der Waals surface area (Å²) in [6.07, 6.45) is 1.39. The lowest BCUT2D eigenvalue weighted by Crippen LogP contribution is -2.12. The molecule has 0 saturated carbocycles. The minimum atomic E-state index is -3.78. The van der Waals surface area contributed by atoms with E-state index in [1.54, 1.807) is 26.1 Å². The fraction of sp³-hybridized carbons (Fsp3) is 0.353. The molecule has 130 valence electrons. The maximum atomic E-state index is 12.5. The largest absolute Gasteiger partial charge is 0.461 e. The van der Waals surface area contributed by atoms with E-state index in [1.807, 2.05) is 12.1 Å². The quantitative estimate of drug-likeness (QED) is 0.812. The highest BCUT2D eigenvalue weighted by Crippen LogP contribution is 2.21. The fourth-order valence-corrected chi connectivity index (χ4v) is 3.37. The molecule has 0 saturated heterocycles. The van der Waals surface area contributed by atoms with Gasteiger partial charge in [0.15, 0.2) is 0 Å². The van der Waals surface area contributed by atoms with Crippen molar-refractivity contribution in [1.29, 1.82) is 0 Å². The molecule has 1 aromatic carbocycles. The molecule has 1 N–H and O–H groups in total. The number of nitrogens with one attached hydrogen (secondary N) is 1. The van der Waals surface area contributed by atoms with Crippen molar-refractivity contribution >= 4 is 21.7 Å². The molecular formula is C17H22N2O4S. The number of benzene rings is 1. The lowest BCUT2D eigenvalue weighted by Gasteiger charge is -2.09. The Morgan fingerprint density at radius 3 is 2.42 bits per heavy atom. The number of aryl methyl sites for hydroxylation is 1. The second-order valence-electron chi connectivity index (χ2n) is 5.77. The van der Waals surface area contributed by atoms with E-state index in [9.17, 15) is 13.2 Å². The third kappa shape index (κ3) is 3.97. The topological polar surface area (TPSA) is 77.4 Å². The number of esters is 1. The van der Waals surface area contributed by atoms with Crippen LogP contribution < -0.4 is 4.72 Å². The van der Waals surface area contributed by atoms with Gasteiger partial charge in [-0.15, -0.1) is 0 Å². The Balaban J connectivity index is 2.24. The van der Waals surface area contributed by atoms with Crippen LogP contribution in [0.4, 0.5) is 5.69 Å². The van der Waals surface area contributed by atoms with Crippen molar-refractivity contribution in [2.45, 2.75) is 31.6 Å². The van der Waals surface area contributed by atoms with E-state index in [0.717, 1.165) is 5.56 Å². The number of nitrogens with zero attached hydrogens (tertiary/aromatic N) is 1. The van der Waals surface area contributed by atoms with Crippen LogP contribution in [0, 0.1) is 0 Å². The van der Waals surface area contributed by atoms with Gasteiger partial charge in [0.2, 0.25) is 0 Å². The SMILES string of the molecule is CCOC(=O)c1cc(S(=O)(=O)Nc2ccc(C(C)C)cc2)cn1C. The van der Waals surface area contributed by atoms with E-state index < -0.39 is 16.0 Å². The number of hydrogen-bond acceptors (Lipinski definition) is 4. The van der Waals surface area contributed by atoms with Crippen molar-refractivity contribution in [2.24, 2.45) is 7.05 Å². The third-order valence-corrected chi connectivity index (χ3v) is 4.95. The second-order valence-corrected chi connectivity index (χ2v) is 7.46. The first-order valence-electron chi connectivity index (χ1n) is 7.71. The Kier molecular flexibility index (Phi) is 5.33. The van der Waals surface area contributed by atoms with Crippen molar-refractivity contribution in [3.8, 4) is 0 Å². The lowest BCUT2D eigenvalue weighted by atomic mass is 10.0. The predicted octanol–water partition coefficient (Wildman–Crippen LogP) is 3.13. The minimum Gasteiger partial charge on any atom is -0.461 e. The molecule has 0 aliphatic carbocycles. The number of aromatic nitrogens is 1. The highest BCUT2D eigenvalue weighted by atomic mass is 32.2. The summed E-state index contributed by atoms with van der Waals surface area (Å²) >= 11 is 0. The molecule has 0 radical (unpaired) electrons. The van der Waals surface area contributed by atoms with Gasteiger partial charge in [0.25, 0.3) is 10.0 Å². The van der Waals surface area contributed by atoms with Gasteiger partial charge in [-0.1, -0.05) is 26.0 Å². The van der Waals surface area contributed by atoms with Gasteiger partial charge in [0.1, 0.15) is 10.6 Å². The first-order valence-corrected chi connectivity index (χ1v) is 9.19. The summed E-state index contributed by atoms with van der Waals surface area (Å²) in [5.74, 6) is -0.181. The number of ether oxygens (including phenoxy) is 1. The Morgan fingerprint density at radius 1 is 1.25 bits per heavy atom. The standard InChI is InChI=1S/C17H22N2O4S/c1-5-23-17(20)16-10-15(11-19(16)4)24(21,22)18-14-8-6-13(7-9-14)12(2)3/h6-12,18H,5H2,1-4H3. The van der Waals surface area contributed by atoms with Gasteiger partial charge in [-0.3, -0.25) is 4.72 Å². The molecule has 0 fully saturated rings. The Bertz CT molecular complexity index is 821. The highest BCUT2D eigenvalue weighted by molar-refractivity contribution is 7.92. The summed E-state index contributed by atoms with van der Waals surface area (Å²) < 4.78 is 33.9. The van der Waals surface area contributed by atoms with Crippen LogP contribution in [0.1, 0.15) is 42.7 Å². The van der Waals surface area contributed by atoms with E-state index in [0.29, 0.717) is 11.6 Å². The zero-order valence-corrected chi connectivity index (χ0v) is 15.1. The number of hydrogen-bond donors (Lipinski definition) is 1. The van der Waals surface area contributed by atoms with Crippen molar-refractivity contribution in [3.05, 3.63) is 47.8 Å². The van der Waals surface area contributed by atoms with E-state index in [4.69, 9.17) is 4.74 Å².